The Morgan fingerprint density at radius 3 is 2.70 bits per heavy atom. The fourth-order valence-electron chi connectivity index (χ4n) is 3.58. The van der Waals surface area contributed by atoms with E-state index in [0.29, 0.717) is 6.54 Å². The average Bonchev–Trinajstić information content (AvgIpc) is 3.15. The quantitative estimate of drug-likeness (QED) is 0.409. The number of rotatable bonds is 6. The molecule has 0 bridgehead atoms. The number of hydrogen-bond acceptors (Lipinski definition) is 5. The van der Waals surface area contributed by atoms with Crippen molar-refractivity contribution in [2.45, 2.75) is 45.5 Å². The number of nitrogens with one attached hydrogen (secondary N) is 1. The Morgan fingerprint density at radius 1 is 1.33 bits per heavy atom. The number of amides is 1. The molecular weight excluding hydrogens is 344 g/mol. The van der Waals surface area contributed by atoms with Crippen molar-refractivity contribution < 1.29 is 15.1 Å². The third-order valence-corrected chi connectivity index (χ3v) is 4.90. The van der Waals surface area contributed by atoms with E-state index in [-0.39, 0.29) is 12.1 Å². The molecule has 1 aliphatic heterocycles. The van der Waals surface area contributed by atoms with Crippen LogP contribution in [-0.2, 0) is 17.9 Å². The first-order valence-corrected chi connectivity index (χ1v) is 9.09. The molecule has 2 unspecified atom stereocenters. The van der Waals surface area contributed by atoms with E-state index in [2.05, 4.69) is 23.0 Å². The van der Waals surface area contributed by atoms with Crippen LogP contribution in [0.3, 0.4) is 0 Å². The summed E-state index contributed by atoms with van der Waals surface area (Å²) in [7, 11) is 0. The Kier molecular flexibility index (Phi) is 6.05. The molecule has 3 rings (SSSR count). The van der Waals surface area contributed by atoms with E-state index in [9.17, 15) is 9.90 Å². The smallest absolute Gasteiger partial charge is 0.267 e. The molecule has 1 amide bonds. The molecule has 3 N–H and O–H groups in total. The molecule has 1 aromatic heterocycles. The minimum Gasteiger partial charge on any atom is -0.392 e. The minimum absolute atomic E-state index is 0.242. The lowest BCUT2D eigenvalue weighted by Gasteiger charge is -2.24. The van der Waals surface area contributed by atoms with Gasteiger partial charge in [-0.1, -0.05) is 24.3 Å². The fourth-order valence-corrected chi connectivity index (χ4v) is 3.58. The van der Waals surface area contributed by atoms with Crippen LogP contribution in [0.15, 0.2) is 36.4 Å². The number of benzene rings is 1. The summed E-state index contributed by atoms with van der Waals surface area (Å²) in [5.74, 6) is -0.558. The number of hydroxylamine groups is 1. The zero-order chi connectivity index (χ0) is 19.4. The van der Waals surface area contributed by atoms with Crippen LogP contribution >= 0.6 is 0 Å². The van der Waals surface area contributed by atoms with Crippen molar-refractivity contribution in [2.24, 2.45) is 0 Å². The van der Waals surface area contributed by atoms with Crippen LogP contribution < -0.4 is 5.48 Å². The van der Waals surface area contributed by atoms with Crippen LogP contribution in [0.2, 0.25) is 0 Å². The second-order valence-corrected chi connectivity index (χ2v) is 7.13. The van der Waals surface area contributed by atoms with Crippen LogP contribution in [0.1, 0.15) is 28.9 Å². The Morgan fingerprint density at radius 2 is 2.07 bits per heavy atom. The number of likely N-dealkylation sites (tertiary alicyclic amines) is 1. The predicted molar refractivity (Wildman–Crippen MR) is 102 cm³/mol. The minimum atomic E-state index is -0.558. The van der Waals surface area contributed by atoms with Gasteiger partial charge in [-0.3, -0.25) is 19.6 Å². The van der Waals surface area contributed by atoms with Gasteiger partial charge in [-0.15, -0.1) is 0 Å². The number of carbonyl (C=O) groups is 1. The number of aryl methyl sites for hydroxylation is 2. The number of aromatic nitrogens is 2. The third-order valence-electron chi connectivity index (χ3n) is 4.90. The van der Waals surface area contributed by atoms with E-state index in [0.717, 1.165) is 42.0 Å². The van der Waals surface area contributed by atoms with Gasteiger partial charge in [0, 0.05) is 30.9 Å². The number of hydrogen-bond donors (Lipinski definition) is 3. The summed E-state index contributed by atoms with van der Waals surface area (Å²) in [6, 6.07) is 10.2. The molecule has 144 valence electrons. The topological polar surface area (TPSA) is 90.6 Å². The lowest BCUT2D eigenvalue weighted by atomic mass is 10.1. The van der Waals surface area contributed by atoms with Crippen molar-refractivity contribution in [1.29, 1.82) is 0 Å². The molecule has 2 atom stereocenters. The number of aliphatic hydroxyl groups excluding tert-OH is 1. The van der Waals surface area contributed by atoms with Crippen molar-refractivity contribution >= 4 is 12.0 Å². The standard InChI is InChI=1S/C20H26N4O3/c1-14-9-15(2)24(21-14)12-18-10-19(25)13-23(18)11-17-5-3-16(4-6-17)7-8-20(26)22-27/h3-9,18-19,25,27H,10-13H2,1-2H3,(H,22,26). The SMILES string of the molecule is Cc1cc(C)n(CC2CC(O)CN2Cc2ccc(C=CC(=O)NO)cc2)n1. The largest absolute Gasteiger partial charge is 0.392 e. The van der Waals surface area contributed by atoms with Crippen LogP contribution in [0.5, 0.6) is 0 Å². The lowest BCUT2D eigenvalue weighted by molar-refractivity contribution is -0.124. The molecule has 1 aromatic carbocycles. The zero-order valence-electron chi connectivity index (χ0n) is 15.7. The van der Waals surface area contributed by atoms with Gasteiger partial charge in [0.05, 0.1) is 18.3 Å². The monoisotopic (exact) mass is 370 g/mol. The van der Waals surface area contributed by atoms with Crippen molar-refractivity contribution in [1.82, 2.24) is 20.2 Å². The Labute approximate surface area is 158 Å². The summed E-state index contributed by atoms with van der Waals surface area (Å²) in [5, 5.41) is 23.2. The maximum absolute atomic E-state index is 11.0. The van der Waals surface area contributed by atoms with Gasteiger partial charge in [-0.05, 0) is 43.5 Å². The van der Waals surface area contributed by atoms with E-state index in [4.69, 9.17) is 5.21 Å². The highest BCUT2D eigenvalue weighted by atomic mass is 16.5. The van der Waals surface area contributed by atoms with E-state index in [1.54, 1.807) is 11.6 Å². The number of nitrogens with zero attached hydrogens (tertiary/aromatic N) is 3. The molecule has 1 fully saturated rings. The summed E-state index contributed by atoms with van der Waals surface area (Å²) < 4.78 is 2.02. The second-order valence-electron chi connectivity index (χ2n) is 7.13. The summed E-state index contributed by atoms with van der Waals surface area (Å²) in [5.41, 5.74) is 5.73. The van der Waals surface area contributed by atoms with Crippen molar-refractivity contribution in [3.05, 3.63) is 58.9 Å². The predicted octanol–water partition coefficient (Wildman–Crippen LogP) is 1.65. The molecule has 7 heteroatoms. The van der Waals surface area contributed by atoms with Crippen LogP contribution in [0.25, 0.3) is 6.08 Å². The van der Waals surface area contributed by atoms with E-state index in [1.807, 2.05) is 35.9 Å². The van der Waals surface area contributed by atoms with Gasteiger partial charge in [0.15, 0.2) is 0 Å². The van der Waals surface area contributed by atoms with Crippen molar-refractivity contribution in [3.8, 4) is 0 Å². The van der Waals surface area contributed by atoms with Gasteiger partial charge < -0.3 is 5.11 Å². The first-order valence-electron chi connectivity index (χ1n) is 9.09. The molecule has 1 aliphatic rings. The van der Waals surface area contributed by atoms with Crippen molar-refractivity contribution in [2.75, 3.05) is 6.54 Å². The Hall–Kier alpha value is -2.48. The molecule has 0 radical (unpaired) electrons. The van der Waals surface area contributed by atoms with Gasteiger partial charge in [-0.25, -0.2) is 5.48 Å². The second kappa shape index (κ2) is 8.47. The molecular formula is C20H26N4O3. The molecule has 0 aliphatic carbocycles. The summed E-state index contributed by atoms with van der Waals surface area (Å²) in [6.07, 6.45) is 3.35. The van der Waals surface area contributed by atoms with Gasteiger partial charge >= 0.3 is 0 Å². The highest BCUT2D eigenvalue weighted by molar-refractivity contribution is 5.90. The van der Waals surface area contributed by atoms with Crippen LogP contribution in [0.4, 0.5) is 0 Å². The molecule has 0 saturated carbocycles. The van der Waals surface area contributed by atoms with Gasteiger partial charge in [-0.2, -0.15) is 5.10 Å². The van der Waals surface area contributed by atoms with E-state index in [1.165, 1.54) is 6.08 Å². The summed E-state index contributed by atoms with van der Waals surface area (Å²) in [4.78, 5) is 13.3. The number of aliphatic hydroxyl groups is 1. The normalized spacial score (nSPS) is 20.4. The molecule has 2 aromatic rings. The maximum Gasteiger partial charge on any atom is 0.267 e. The molecule has 0 spiro atoms. The zero-order valence-corrected chi connectivity index (χ0v) is 15.7. The molecule has 27 heavy (non-hydrogen) atoms. The maximum atomic E-state index is 11.0. The van der Waals surface area contributed by atoms with Crippen LogP contribution in [-0.4, -0.2) is 49.6 Å². The first kappa shape index (κ1) is 19.3. The summed E-state index contributed by atoms with van der Waals surface area (Å²) >= 11 is 0. The number of β-amino-alcohol motifs (C(OH)–C–C–N with tert-alkyl or cyclic N) is 1. The molecule has 7 nitrogen and oxygen atoms in total. The fraction of sp³-hybridized carbons (Fsp3) is 0.400. The summed E-state index contributed by atoms with van der Waals surface area (Å²) in [6.45, 7) is 6.22. The highest BCUT2D eigenvalue weighted by Gasteiger charge is 2.31. The van der Waals surface area contributed by atoms with E-state index >= 15 is 0 Å². The first-order chi connectivity index (χ1) is 12.9. The van der Waals surface area contributed by atoms with Crippen molar-refractivity contribution in [3.63, 3.8) is 0 Å². The average molecular weight is 370 g/mol. The van der Waals surface area contributed by atoms with Crippen LogP contribution in [0, 0.1) is 13.8 Å². The molecule has 2 heterocycles. The Bertz CT molecular complexity index is 813. The van der Waals surface area contributed by atoms with Gasteiger partial charge in [0.2, 0.25) is 0 Å². The number of carbonyl (C=O) groups excluding carboxylic acids is 1. The lowest BCUT2D eigenvalue weighted by Crippen LogP contribution is -2.33. The third kappa shape index (κ3) is 5.03. The molecule has 1 saturated heterocycles. The highest BCUT2D eigenvalue weighted by Crippen LogP contribution is 2.23. The van der Waals surface area contributed by atoms with Gasteiger partial charge in [0.25, 0.3) is 5.91 Å². The van der Waals surface area contributed by atoms with Gasteiger partial charge in [0.1, 0.15) is 0 Å². The van der Waals surface area contributed by atoms with E-state index < -0.39 is 5.91 Å². The Balaban J connectivity index is 1.65.